The second kappa shape index (κ2) is 8.46. The Morgan fingerprint density at radius 2 is 2.21 bits per heavy atom. The molecule has 0 spiro atoms. The third-order valence-corrected chi connectivity index (χ3v) is 5.02. The number of hydrogen-bond acceptors (Lipinski definition) is 4. The van der Waals surface area contributed by atoms with E-state index in [2.05, 4.69) is 30.0 Å². The van der Waals surface area contributed by atoms with Crippen molar-refractivity contribution in [3.63, 3.8) is 0 Å². The summed E-state index contributed by atoms with van der Waals surface area (Å²) < 4.78 is 7.60. The van der Waals surface area contributed by atoms with E-state index in [-0.39, 0.29) is 0 Å². The number of nitrogens with one attached hydrogen (secondary N) is 1. The van der Waals surface area contributed by atoms with Crippen molar-refractivity contribution in [2.24, 2.45) is 10.9 Å². The largest absolute Gasteiger partial charge is 0.384 e. The summed E-state index contributed by atoms with van der Waals surface area (Å²) in [4.78, 5) is 6.76. The molecule has 1 N–H and O–H groups in total. The number of likely N-dealkylation sites (tertiary alicyclic amines) is 1. The van der Waals surface area contributed by atoms with Crippen molar-refractivity contribution in [1.82, 2.24) is 25.0 Å². The number of nitrogens with zero attached hydrogens (tertiary/aromatic N) is 5. The molecule has 1 unspecified atom stereocenters. The number of ether oxygens (including phenoxy) is 1. The van der Waals surface area contributed by atoms with Crippen LogP contribution >= 0.6 is 0 Å². The summed E-state index contributed by atoms with van der Waals surface area (Å²) in [5.74, 6) is 3.87. The van der Waals surface area contributed by atoms with Crippen LogP contribution in [-0.4, -0.2) is 66.0 Å². The Bertz CT molecular complexity index is 555. The number of rotatable bonds is 5. The standard InChI is InChI=1S/C17H30N6O/c1-18-17(22-11-8-14(12-22)13-24-2)19-9-7-16-21-20-15-6-4-3-5-10-23(15)16/h14H,3-13H2,1-2H3,(H,18,19). The Balaban J connectivity index is 1.50. The molecule has 134 valence electrons. The quantitative estimate of drug-likeness (QED) is 0.645. The highest BCUT2D eigenvalue weighted by molar-refractivity contribution is 5.80. The lowest BCUT2D eigenvalue weighted by Gasteiger charge is -2.21. The Hall–Kier alpha value is -1.63. The second-order valence-electron chi connectivity index (χ2n) is 6.77. The molecule has 0 radical (unpaired) electrons. The molecule has 3 rings (SSSR count). The summed E-state index contributed by atoms with van der Waals surface area (Å²) in [6.45, 7) is 4.81. The van der Waals surface area contributed by atoms with E-state index in [9.17, 15) is 0 Å². The molecule has 1 aromatic rings. The minimum Gasteiger partial charge on any atom is -0.384 e. The van der Waals surface area contributed by atoms with Gasteiger partial charge in [-0.25, -0.2) is 0 Å². The van der Waals surface area contributed by atoms with Crippen molar-refractivity contribution < 1.29 is 4.74 Å². The predicted octanol–water partition coefficient (Wildman–Crippen LogP) is 1.09. The molecule has 24 heavy (non-hydrogen) atoms. The lowest BCUT2D eigenvalue weighted by atomic mass is 10.1. The topological polar surface area (TPSA) is 67.6 Å². The molecular formula is C17H30N6O. The van der Waals surface area contributed by atoms with Gasteiger partial charge in [0, 0.05) is 59.1 Å². The van der Waals surface area contributed by atoms with Gasteiger partial charge in [-0.3, -0.25) is 4.99 Å². The summed E-state index contributed by atoms with van der Waals surface area (Å²) in [6, 6.07) is 0. The molecule has 0 bridgehead atoms. The zero-order valence-electron chi connectivity index (χ0n) is 15.0. The monoisotopic (exact) mass is 334 g/mol. The van der Waals surface area contributed by atoms with Gasteiger partial charge in [-0.05, 0) is 19.3 Å². The van der Waals surface area contributed by atoms with Crippen molar-refractivity contribution in [3.05, 3.63) is 11.6 Å². The van der Waals surface area contributed by atoms with Gasteiger partial charge in [-0.2, -0.15) is 0 Å². The number of guanidine groups is 1. The molecule has 1 aromatic heterocycles. The van der Waals surface area contributed by atoms with Crippen molar-refractivity contribution in [1.29, 1.82) is 0 Å². The van der Waals surface area contributed by atoms with Gasteiger partial charge in [0.25, 0.3) is 0 Å². The van der Waals surface area contributed by atoms with Gasteiger partial charge in [-0.15, -0.1) is 10.2 Å². The van der Waals surface area contributed by atoms with Crippen molar-refractivity contribution in [2.45, 2.75) is 45.1 Å². The minimum atomic E-state index is 0.612. The highest BCUT2D eigenvalue weighted by Gasteiger charge is 2.24. The highest BCUT2D eigenvalue weighted by atomic mass is 16.5. The van der Waals surface area contributed by atoms with Gasteiger partial charge in [-0.1, -0.05) is 6.42 Å². The molecule has 1 fully saturated rings. The summed E-state index contributed by atoms with van der Waals surface area (Å²) in [7, 11) is 3.63. The van der Waals surface area contributed by atoms with Gasteiger partial charge in [0.15, 0.2) is 5.96 Å². The Labute approximate surface area is 144 Å². The number of methoxy groups -OCH3 is 1. The maximum atomic E-state index is 5.28. The van der Waals surface area contributed by atoms with E-state index in [1.807, 2.05) is 7.05 Å². The maximum Gasteiger partial charge on any atom is 0.193 e. The normalized spacial score (nSPS) is 21.7. The fourth-order valence-electron chi connectivity index (χ4n) is 3.75. The molecule has 0 amide bonds. The van der Waals surface area contributed by atoms with Gasteiger partial charge in [0.1, 0.15) is 11.6 Å². The summed E-state index contributed by atoms with van der Waals surface area (Å²) in [6.07, 6.45) is 6.90. The van der Waals surface area contributed by atoms with E-state index >= 15 is 0 Å². The zero-order valence-corrected chi connectivity index (χ0v) is 15.0. The Morgan fingerprint density at radius 3 is 3.04 bits per heavy atom. The summed E-state index contributed by atoms with van der Waals surface area (Å²) >= 11 is 0. The molecule has 0 aliphatic carbocycles. The van der Waals surface area contributed by atoms with Crippen LogP contribution in [0.4, 0.5) is 0 Å². The third kappa shape index (κ3) is 4.06. The molecule has 3 heterocycles. The minimum absolute atomic E-state index is 0.612. The first-order valence-electron chi connectivity index (χ1n) is 9.17. The lowest BCUT2D eigenvalue weighted by molar-refractivity contribution is 0.157. The van der Waals surface area contributed by atoms with Crippen molar-refractivity contribution in [3.8, 4) is 0 Å². The van der Waals surface area contributed by atoms with Crippen LogP contribution in [0.1, 0.15) is 37.3 Å². The summed E-state index contributed by atoms with van der Waals surface area (Å²) in [5.41, 5.74) is 0. The number of hydrogen-bond donors (Lipinski definition) is 1. The first-order chi connectivity index (χ1) is 11.8. The molecule has 2 aliphatic rings. The summed E-state index contributed by atoms with van der Waals surface area (Å²) in [5, 5.41) is 12.3. The van der Waals surface area contributed by atoms with Crippen LogP contribution in [0.5, 0.6) is 0 Å². The smallest absolute Gasteiger partial charge is 0.193 e. The van der Waals surface area contributed by atoms with E-state index in [0.29, 0.717) is 5.92 Å². The fraction of sp³-hybridized carbons (Fsp3) is 0.824. The Morgan fingerprint density at radius 1 is 1.29 bits per heavy atom. The van der Waals surface area contributed by atoms with Gasteiger partial charge in [0.2, 0.25) is 0 Å². The molecular weight excluding hydrogens is 304 g/mol. The molecule has 2 aliphatic heterocycles. The van der Waals surface area contributed by atoms with Crippen LogP contribution in [0.2, 0.25) is 0 Å². The van der Waals surface area contributed by atoms with Gasteiger partial charge < -0.3 is 19.5 Å². The van der Waals surface area contributed by atoms with E-state index in [1.54, 1.807) is 7.11 Å². The number of aliphatic imine (C=N–C) groups is 1. The van der Waals surface area contributed by atoms with Crippen LogP contribution in [-0.2, 0) is 24.1 Å². The molecule has 7 nitrogen and oxygen atoms in total. The molecule has 0 aromatic carbocycles. The Kier molecular flexibility index (Phi) is 6.07. The third-order valence-electron chi connectivity index (χ3n) is 5.02. The second-order valence-corrected chi connectivity index (χ2v) is 6.77. The number of fused-ring (bicyclic) bond motifs is 1. The van der Waals surface area contributed by atoms with Crippen molar-refractivity contribution >= 4 is 5.96 Å². The van der Waals surface area contributed by atoms with E-state index < -0.39 is 0 Å². The van der Waals surface area contributed by atoms with Crippen LogP contribution in [0.3, 0.4) is 0 Å². The molecule has 1 atom stereocenters. The van der Waals surface area contributed by atoms with Crippen LogP contribution in [0, 0.1) is 5.92 Å². The average molecular weight is 334 g/mol. The van der Waals surface area contributed by atoms with Gasteiger partial charge in [0.05, 0.1) is 6.61 Å². The predicted molar refractivity (Wildman–Crippen MR) is 94.2 cm³/mol. The first kappa shape index (κ1) is 17.2. The molecule has 7 heteroatoms. The number of aromatic nitrogens is 3. The van der Waals surface area contributed by atoms with Crippen LogP contribution < -0.4 is 5.32 Å². The van der Waals surface area contributed by atoms with E-state index in [0.717, 1.165) is 63.2 Å². The van der Waals surface area contributed by atoms with E-state index in [1.165, 1.54) is 25.7 Å². The first-order valence-corrected chi connectivity index (χ1v) is 9.17. The molecule has 0 saturated carbocycles. The fourth-order valence-corrected chi connectivity index (χ4v) is 3.75. The molecule has 1 saturated heterocycles. The average Bonchev–Trinajstić information content (AvgIpc) is 3.13. The maximum absolute atomic E-state index is 5.28. The highest BCUT2D eigenvalue weighted by Crippen LogP contribution is 2.17. The van der Waals surface area contributed by atoms with Gasteiger partial charge >= 0.3 is 0 Å². The SMILES string of the molecule is CN=C(NCCc1nnc2n1CCCCC2)N1CCC(COC)C1. The van der Waals surface area contributed by atoms with Crippen molar-refractivity contribution in [2.75, 3.05) is 40.4 Å². The number of aryl methyl sites for hydroxylation is 1. The van der Waals surface area contributed by atoms with Crippen LogP contribution in [0.25, 0.3) is 0 Å². The van der Waals surface area contributed by atoms with E-state index in [4.69, 9.17) is 4.74 Å². The lowest BCUT2D eigenvalue weighted by Crippen LogP contribution is -2.41. The zero-order chi connectivity index (χ0) is 16.8. The van der Waals surface area contributed by atoms with Crippen LogP contribution in [0.15, 0.2) is 4.99 Å².